The number of nitriles is 1. The van der Waals surface area contributed by atoms with Crippen molar-refractivity contribution in [2.45, 2.75) is 17.9 Å². The van der Waals surface area contributed by atoms with Crippen LogP contribution >= 0.6 is 11.3 Å². The van der Waals surface area contributed by atoms with Gasteiger partial charge < -0.3 is 10.2 Å². The number of sulfonamides is 1. The van der Waals surface area contributed by atoms with Crippen molar-refractivity contribution >= 4 is 33.0 Å². The number of rotatable bonds is 4. The molecule has 1 saturated heterocycles. The molecule has 1 atom stereocenters. The van der Waals surface area contributed by atoms with Gasteiger partial charge in [-0.25, -0.2) is 8.42 Å². The molecule has 1 fully saturated rings. The van der Waals surface area contributed by atoms with Gasteiger partial charge in [0.2, 0.25) is 22.2 Å². The molecule has 1 N–H and O–H groups in total. The number of anilines is 1. The number of nitrogens with zero attached hydrogens (tertiary/aromatic N) is 4. The fourth-order valence-corrected chi connectivity index (χ4v) is 6.40. The molecule has 2 aromatic carbocycles. The molecule has 4 rings (SSSR count). The highest BCUT2D eigenvalue weighted by Gasteiger charge is 2.38. The fraction of sp³-hybridized carbons (Fsp3) is 0.217. The van der Waals surface area contributed by atoms with Crippen molar-refractivity contribution in [2.24, 2.45) is 4.99 Å². The highest BCUT2D eigenvalue weighted by atomic mass is 32.2. The maximum Gasteiger partial charge on any atom is 0.244 e. The molecule has 164 valence electrons. The van der Waals surface area contributed by atoms with Crippen LogP contribution in [0, 0.1) is 18.4 Å². The van der Waals surface area contributed by atoms with Gasteiger partial charge in [0.05, 0.1) is 10.9 Å². The first-order valence-electron chi connectivity index (χ1n) is 10.1. The maximum atomic E-state index is 13.4. The fourth-order valence-electron chi connectivity index (χ4n) is 3.79. The number of hydrogen-bond donors (Lipinski definition) is 1. The van der Waals surface area contributed by atoms with Gasteiger partial charge in [0, 0.05) is 30.7 Å². The van der Waals surface area contributed by atoms with Crippen LogP contribution in [0.15, 0.2) is 81.3 Å². The predicted octanol–water partition coefficient (Wildman–Crippen LogP) is 4.05. The molecular formula is C23H23N5O2S2. The van der Waals surface area contributed by atoms with Gasteiger partial charge in [0.25, 0.3) is 0 Å². The van der Waals surface area contributed by atoms with Crippen LogP contribution < -0.4 is 5.32 Å². The van der Waals surface area contributed by atoms with Crippen LogP contribution in [0.2, 0.25) is 0 Å². The third kappa shape index (κ3) is 4.53. The van der Waals surface area contributed by atoms with Crippen molar-refractivity contribution < 1.29 is 8.42 Å². The summed E-state index contributed by atoms with van der Waals surface area (Å²) in [5.41, 5.74) is 2.77. The first-order chi connectivity index (χ1) is 15.5. The van der Waals surface area contributed by atoms with Crippen LogP contribution in [-0.4, -0.2) is 43.2 Å². The van der Waals surface area contributed by atoms with E-state index in [1.807, 2.05) is 72.6 Å². The van der Waals surface area contributed by atoms with Crippen molar-refractivity contribution in [1.29, 1.82) is 5.26 Å². The second-order valence-electron chi connectivity index (χ2n) is 7.42. The van der Waals surface area contributed by atoms with Crippen LogP contribution in [0.5, 0.6) is 0 Å². The summed E-state index contributed by atoms with van der Waals surface area (Å²) in [6.07, 6.45) is 1.88. The van der Waals surface area contributed by atoms with Gasteiger partial charge in [0.1, 0.15) is 0 Å². The number of benzene rings is 2. The monoisotopic (exact) mass is 465 g/mol. The lowest BCUT2D eigenvalue weighted by molar-refractivity contribution is 0.194. The van der Waals surface area contributed by atoms with Gasteiger partial charge in [-0.2, -0.15) is 20.9 Å². The summed E-state index contributed by atoms with van der Waals surface area (Å²) in [5, 5.41) is 16.0. The summed E-state index contributed by atoms with van der Waals surface area (Å²) >= 11 is 1.36. The van der Waals surface area contributed by atoms with Crippen LogP contribution in [0.4, 0.5) is 5.69 Å². The minimum absolute atomic E-state index is 0.275. The largest absolute Gasteiger partial charge is 0.339 e. The van der Waals surface area contributed by atoms with Crippen LogP contribution in [0.25, 0.3) is 0 Å². The zero-order valence-corrected chi connectivity index (χ0v) is 19.2. The van der Waals surface area contributed by atoms with E-state index in [2.05, 4.69) is 10.3 Å². The number of guanidine groups is 1. The molecular weight excluding hydrogens is 442 g/mol. The standard InChI is InChI=1S/C23H23N5O2S2/c1-18-7-5-6-10-21(18)26-23(25-17-24)27-12-13-28(32(29,30)20-11-14-31-16-20)22(15-27)19-8-3-2-4-9-19/h2-11,14,16,22H,12-13,15H2,1H3,(H,25,26). The number of aliphatic imine (C=N–C) groups is 1. The third-order valence-electron chi connectivity index (χ3n) is 5.46. The number of para-hydroxylation sites is 1. The predicted molar refractivity (Wildman–Crippen MR) is 127 cm³/mol. The van der Waals surface area contributed by atoms with E-state index in [4.69, 9.17) is 0 Å². The molecule has 1 aliphatic heterocycles. The van der Waals surface area contributed by atoms with Gasteiger partial charge >= 0.3 is 0 Å². The topological polar surface area (TPSA) is 88.8 Å². The Morgan fingerprint density at radius 2 is 1.88 bits per heavy atom. The Balaban J connectivity index is 1.67. The quantitative estimate of drug-likeness (QED) is 0.357. The lowest BCUT2D eigenvalue weighted by Gasteiger charge is -2.41. The molecule has 0 aliphatic carbocycles. The third-order valence-corrected chi connectivity index (χ3v) is 8.20. The molecule has 9 heteroatoms. The summed E-state index contributed by atoms with van der Waals surface area (Å²) in [6.45, 7) is 3.03. The van der Waals surface area contributed by atoms with Crippen molar-refractivity contribution in [2.75, 3.05) is 25.0 Å². The van der Waals surface area contributed by atoms with Crippen molar-refractivity contribution in [1.82, 2.24) is 9.21 Å². The summed E-state index contributed by atoms with van der Waals surface area (Å²) in [5.74, 6) is 0.412. The first-order valence-corrected chi connectivity index (χ1v) is 12.5. The average Bonchev–Trinajstić information content (AvgIpc) is 3.36. The van der Waals surface area contributed by atoms with E-state index in [9.17, 15) is 13.7 Å². The van der Waals surface area contributed by atoms with Crippen molar-refractivity contribution in [3.8, 4) is 6.19 Å². The molecule has 3 aromatic rings. The van der Waals surface area contributed by atoms with Crippen molar-refractivity contribution in [3.63, 3.8) is 0 Å². The molecule has 32 heavy (non-hydrogen) atoms. The molecule has 1 unspecified atom stereocenters. The molecule has 1 aliphatic rings. The van der Waals surface area contributed by atoms with Gasteiger partial charge in [-0.05, 0) is 35.6 Å². The Labute approximate surface area is 192 Å². The molecule has 2 heterocycles. The van der Waals surface area contributed by atoms with E-state index >= 15 is 0 Å². The Morgan fingerprint density at radius 3 is 2.56 bits per heavy atom. The van der Waals surface area contributed by atoms with Crippen LogP contribution in [0.3, 0.4) is 0 Å². The second-order valence-corrected chi connectivity index (χ2v) is 10.1. The van der Waals surface area contributed by atoms with Gasteiger partial charge in [-0.3, -0.25) is 0 Å². The lowest BCUT2D eigenvalue weighted by atomic mass is 10.0. The SMILES string of the molecule is Cc1ccccc1N/C(=N/C#N)N1CCN(S(=O)(=O)c2ccsc2)C(c2ccccc2)C1. The number of piperazine rings is 1. The maximum absolute atomic E-state index is 13.4. The highest BCUT2D eigenvalue weighted by molar-refractivity contribution is 7.89. The first kappa shape index (κ1) is 22.0. The van der Waals surface area contributed by atoms with E-state index in [0.29, 0.717) is 23.9 Å². The average molecular weight is 466 g/mol. The number of aryl methyl sites for hydroxylation is 1. The van der Waals surface area contributed by atoms with Crippen LogP contribution in [0.1, 0.15) is 17.2 Å². The Hall–Kier alpha value is -3.19. The van der Waals surface area contributed by atoms with Gasteiger partial charge in [-0.1, -0.05) is 48.5 Å². The Bertz CT molecular complexity index is 1230. The van der Waals surface area contributed by atoms with E-state index in [1.165, 1.54) is 11.3 Å². The van der Waals surface area contributed by atoms with E-state index < -0.39 is 16.1 Å². The number of nitrogens with one attached hydrogen (secondary N) is 1. The smallest absolute Gasteiger partial charge is 0.244 e. The highest BCUT2D eigenvalue weighted by Crippen LogP contribution is 2.32. The minimum Gasteiger partial charge on any atom is -0.339 e. The summed E-state index contributed by atoms with van der Waals surface area (Å²) in [6, 6.07) is 18.6. The van der Waals surface area contributed by atoms with Gasteiger partial charge in [-0.15, -0.1) is 4.99 Å². The van der Waals surface area contributed by atoms with Crippen LogP contribution in [-0.2, 0) is 10.0 Å². The van der Waals surface area contributed by atoms with Gasteiger partial charge in [0.15, 0.2) is 0 Å². The molecule has 0 radical (unpaired) electrons. The number of thiophene rings is 1. The van der Waals surface area contributed by atoms with E-state index in [1.54, 1.807) is 21.1 Å². The zero-order chi connectivity index (χ0) is 22.6. The normalized spacial score (nSPS) is 17.7. The molecule has 0 bridgehead atoms. The second kappa shape index (κ2) is 9.53. The summed E-state index contributed by atoms with van der Waals surface area (Å²) in [4.78, 5) is 6.26. The number of hydrogen-bond acceptors (Lipinski definition) is 5. The summed E-state index contributed by atoms with van der Waals surface area (Å²) in [7, 11) is -3.65. The summed E-state index contributed by atoms with van der Waals surface area (Å²) < 4.78 is 28.3. The zero-order valence-electron chi connectivity index (χ0n) is 17.5. The molecule has 0 amide bonds. The molecule has 0 spiro atoms. The van der Waals surface area contributed by atoms with Crippen molar-refractivity contribution in [3.05, 3.63) is 82.6 Å². The molecule has 0 saturated carbocycles. The Morgan fingerprint density at radius 1 is 1.12 bits per heavy atom. The lowest BCUT2D eigenvalue weighted by Crippen LogP contribution is -2.53. The molecule has 7 nitrogen and oxygen atoms in total. The Kier molecular flexibility index (Phi) is 6.55. The minimum atomic E-state index is -3.65. The molecule has 1 aromatic heterocycles. The van der Waals surface area contributed by atoms with E-state index in [0.717, 1.165) is 16.8 Å². The van der Waals surface area contributed by atoms with E-state index in [-0.39, 0.29) is 6.54 Å².